The van der Waals surface area contributed by atoms with Crippen LogP contribution in [0.15, 0.2) is 35.4 Å². The number of nitrogens with zero attached hydrogens (tertiary/aromatic N) is 4. The zero-order chi connectivity index (χ0) is 24.1. The van der Waals surface area contributed by atoms with Gasteiger partial charge in [-0.05, 0) is 25.0 Å². The molecule has 2 aliphatic heterocycles. The van der Waals surface area contributed by atoms with E-state index in [-0.39, 0.29) is 31.0 Å². The number of ketones is 1. The molecular weight excluding hydrogens is 448 g/mol. The number of aliphatic hydroxyl groups is 1. The van der Waals surface area contributed by atoms with E-state index in [1.54, 1.807) is 28.4 Å². The average molecular weight is 470 g/mol. The van der Waals surface area contributed by atoms with Crippen molar-refractivity contribution in [1.82, 2.24) is 19.3 Å². The fourth-order valence-electron chi connectivity index (χ4n) is 5.73. The van der Waals surface area contributed by atoms with Crippen molar-refractivity contribution in [2.75, 3.05) is 6.79 Å². The smallest absolute Gasteiger partial charge is 0.254 e. The summed E-state index contributed by atoms with van der Waals surface area (Å²) >= 11 is 0. The Bertz CT molecular complexity index is 1670. The molecule has 0 fully saturated rings. The van der Waals surface area contributed by atoms with E-state index in [1.807, 2.05) is 25.4 Å². The van der Waals surface area contributed by atoms with Gasteiger partial charge in [-0.3, -0.25) is 14.3 Å². The maximum atomic E-state index is 13.6. The zero-order valence-corrected chi connectivity index (χ0v) is 19.3. The fourth-order valence-corrected chi connectivity index (χ4v) is 5.73. The third-order valence-electron chi connectivity index (χ3n) is 7.55. The number of hydrogen-bond acceptors (Lipinski definition) is 7. The van der Waals surface area contributed by atoms with Crippen molar-refractivity contribution < 1.29 is 19.4 Å². The normalized spacial score (nSPS) is 19.7. The van der Waals surface area contributed by atoms with Crippen LogP contribution in [0.5, 0.6) is 11.5 Å². The molecule has 0 amide bonds. The van der Waals surface area contributed by atoms with E-state index in [4.69, 9.17) is 14.5 Å². The molecule has 9 nitrogen and oxygen atoms in total. The molecular formula is C26H22N4O5. The van der Waals surface area contributed by atoms with Crippen molar-refractivity contribution in [3.05, 3.63) is 57.6 Å². The second-order valence-electron chi connectivity index (χ2n) is 9.39. The summed E-state index contributed by atoms with van der Waals surface area (Å²) < 4.78 is 14.7. The van der Waals surface area contributed by atoms with Gasteiger partial charge in [-0.25, -0.2) is 4.98 Å². The Morgan fingerprint density at radius 3 is 2.66 bits per heavy atom. The van der Waals surface area contributed by atoms with Gasteiger partial charge in [-0.1, -0.05) is 6.92 Å². The van der Waals surface area contributed by atoms with Crippen molar-refractivity contribution >= 4 is 16.7 Å². The van der Waals surface area contributed by atoms with E-state index in [0.29, 0.717) is 52.5 Å². The number of hydrogen-bond donors (Lipinski definition) is 1. The Labute approximate surface area is 199 Å². The first-order valence-corrected chi connectivity index (χ1v) is 11.7. The quantitative estimate of drug-likeness (QED) is 0.423. The molecule has 0 spiro atoms. The van der Waals surface area contributed by atoms with Crippen LogP contribution < -0.4 is 15.0 Å². The number of aryl methyl sites for hydroxylation is 1. The van der Waals surface area contributed by atoms with Gasteiger partial charge in [0.15, 0.2) is 17.3 Å². The van der Waals surface area contributed by atoms with Crippen molar-refractivity contribution in [3.63, 3.8) is 0 Å². The molecule has 0 bridgehead atoms. The lowest BCUT2D eigenvalue weighted by molar-refractivity contribution is -0.140. The molecule has 3 aromatic heterocycles. The van der Waals surface area contributed by atoms with Gasteiger partial charge < -0.3 is 19.1 Å². The molecule has 4 aromatic rings. The van der Waals surface area contributed by atoms with Crippen LogP contribution in [0.1, 0.15) is 36.5 Å². The molecule has 1 aliphatic carbocycles. The standard InChI is InChI=1S/C26H22N4O5/c1-3-26(33)17-7-19-24-16(11-30(19)25(32)14(17)4-5-22(26)31)23(13-9-27-29(2)10-13)15-6-20-21(35-12-34-20)8-18(15)28-24/h6-10,33H,3-5,11-12H2,1-2H3/t26-/m0/s1. The number of benzene rings is 1. The first kappa shape index (κ1) is 20.4. The molecule has 0 saturated heterocycles. The number of Topliss-reactive ketones (excluding diaryl/α,β-unsaturated/α-hetero) is 1. The lowest BCUT2D eigenvalue weighted by atomic mass is 9.77. The number of pyridine rings is 2. The van der Waals surface area contributed by atoms with Crippen LogP contribution in [0.25, 0.3) is 33.4 Å². The molecule has 0 unspecified atom stereocenters. The first-order chi connectivity index (χ1) is 16.9. The highest BCUT2D eigenvalue weighted by Crippen LogP contribution is 2.46. The SMILES string of the molecule is CC[C@@]1(O)C(=O)CCc2c1cc1n(c2=O)Cc2c-1nc1cc3c(cc1c2-c1cnn(C)c1)OCO3. The van der Waals surface area contributed by atoms with Crippen molar-refractivity contribution in [3.8, 4) is 34.0 Å². The molecule has 5 heterocycles. The highest BCUT2D eigenvalue weighted by Gasteiger charge is 2.43. The predicted octanol–water partition coefficient (Wildman–Crippen LogP) is 2.67. The first-order valence-electron chi connectivity index (χ1n) is 11.7. The van der Waals surface area contributed by atoms with Crippen molar-refractivity contribution in [2.24, 2.45) is 7.05 Å². The molecule has 176 valence electrons. The number of fused-ring (bicyclic) bond motifs is 6. The molecule has 7 rings (SSSR count). The summed E-state index contributed by atoms with van der Waals surface area (Å²) in [6.07, 6.45) is 4.44. The molecule has 3 aliphatic rings. The van der Waals surface area contributed by atoms with Crippen LogP contribution in [-0.4, -0.2) is 37.0 Å². The molecule has 1 atom stereocenters. The lowest BCUT2D eigenvalue weighted by Gasteiger charge is -2.32. The minimum atomic E-state index is -1.65. The lowest BCUT2D eigenvalue weighted by Crippen LogP contribution is -2.43. The largest absolute Gasteiger partial charge is 0.454 e. The Morgan fingerprint density at radius 1 is 1.11 bits per heavy atom. The monoisotopic (exact) mass is 470 g/mol. The molecule has 35 heavy (non-hydrogen) atoms. The number of aromatic nitrogens is 4. The molecule has 0 radical (unpaired) electrons. The molecule has 1 aromatic carbocycles. The summed E-state index contributed by atoms with van der Waals surface area (Å²) in [5.41, 5.74) is 3.80. The third kappa shape index (κ3) is 2.61. The van der Waals surface area contributed by atoms with Crippen LogP contribution in [0, 0.1) is 0 Å². The number of ether oxygens (including phenoxy) is 2. The van der Waals surface area contributed by atoms with E-state index in [9.17, 15) is 14.7 Å². The van der Waals surface area contributed by atoms with Gasteiger partial charge in [0.05, 0.1) is 29.6 Å². The number of rotatable bonds is 2. The predicted molar refractivity (Wildman–Crippen MR) is 126 cm³/mol. The average Bonchev–Trinajstić information content (AvgIpc) is 3.57. The summed E-state index contributed by atoms with van der Waals surface area (Å²) in [6.45, 7) is 2.26. The second-order valence-corrected chi connectivity index (χ2v) is 9.39. The van der Waals surface area contributed by atoms with Gasteiger partial charge in [-0.15, -0.1) is 0 Å². The maximum absolute atomic E-state index is 13.6. The topological polar surface area (TPSA) is 108 Å². The van der Waals surface area contributed by atoms with Crippen LogP contribution in [0.2, 0.25) is 0 Å². The van der Waals surface area contributed by atoms with E-state index in [2.05, 4.69) is 5.10 Å². The molecule has 1 N–H and O–H groups in total. The van der Waals surface area contributed by atoms with Gasteiger partial charge in [-0.2, -0.15) is 5.10 Å². The van der Waals surface area contributed by atoms with Crippen LogP contribution >= 0.6 is 0 Å². The van der Waals surface area contributed by atoms with E-state index < -0.39 is 5.60 Å². The number of carbonyl (C=O) groups is 1. The minimum Gasteiger partial charge on any atom is -0.454 e. The molecule has 9 heteroatoms. The van der Waals surface area contributed by atoms with Crippen molar-refractivity contribution in [2.45, 2.75) is 38.3 Å². The third-order valence-corrected chi connectivity index (χ3v) is 7.55. The van der Waals surface area contributed by atoms with Crippen LogP contribution in [0.4, 0.5) is 0 Å². The highest BCUT2D eigenvalue weighted by molar-refractivity contribution is 6.01. The number of carbonyl (C=O) groups excluding carboxylic acids is 1. The Kier molecular flexibility index (Phi) is 3.96. The fraction of sp³-hybridized carbons (Fsp3) is 0.308. The van der Waals surface area contributed by atoms with Crippen molar-refractivity contribution in [1.29, 1.82) is 0 Å². The minimum absolute atomic E-state index is 0.154. The highest BCUT2D eigenvalue weighted by atomic mass is 16.7. The summed E-state index contributed by atoms with van der Waals surface area (Å²) in [7, 11) is 1.86. The Morgan fingerprint density at radius 2 is 1.91 bits per heavy atom. The summed E-state index contributed by atoms with van der Waals surface area (Å²) in [5, 5.41) is 16.5. The Hall–Kier alpha value is -3.98. The molecule has 0 saturated carbocycles. The van der Waals surface area contributed by atoms with E-state index in [0.717, 1.165) is 22.1 Å². The zero-order valence-electron chi connectivity index (χ0n) is 19.3. The van der Waals surface area contributed by atoms with E-state index in [1.165, 1.54) is 0 Å². The Balaban J connectivity index is 1.56. The van der Waals surface area contributed by atoms with Gasteiger partial charge >= 0.3 is 0 Å². The summed E-state index contributed by atoms with van der Waals surface area (Å²) in [6, 6.07) is 5.57. The second kappa shape index (κ2) is 6.79. The van der Waals surface area contributed by atoms with Gasteiger partial charge in [0.25, 0.3) is 5.56 Å². The van der Waals surface area contributed by atoms with Crippen LogP contribution in [-0.2, 0) is 30.4 Å². The van der Waals surface area contributed by atoms with Crippen LogP contribution in [0.3, 0.4) is 0 Å². The van der Waals surface area contributed by atoms with Gasteiger partial charge in [0, 0.05) is 58.9 Å². The van der Waals surface area contributed by atoms with Gasteiger partial charge in [0.1, 0.15) is 5.60 Å². The van der Waals surface area contributed by atoms with E-state index >= 15 is 0 Å². The van der Waals surface area contributed by atoms with Gasteiger partial charge in [0.2, 0.25) is 6.79 Å². The summed E-state index contributed by atoms with van der Waals surface area (Å²) in [4.78, 5) is 31.3. The maximum Gasteiger partial charge on any atom is 0.254 e. The summed E-state index contributed by atoms with van der Waals surface area (Å²) in [5.74, 6) is 1.03.